The Morgan fingerprint density at radius 3 is 2.31 bits per heavy atom. The predicted octanol–water partition coefficient (Wildman–Crippen LogP) is 3.48. The van der Waals surface area contributed by atoms with Gasteiger partial charge in [-0.05, 0) is 39.5 Å². The van der Waals surface area contributed by atoms with Gasteiger partial charge in [0.15, 0.2) is 0 Å². The molecule has 0 aromatic heterocycles. The van der Waals surface area contributed by atoms with Crippen LogP contribution in [0.5, 0.6) is 0 Å². The second-order valence-corrected chi connectivity index (χ2v) is 12.8. The highest BCUT2D eigenvalue weighted by atomic mass is 32.2. The topological polar surface area (TPSA) is 81.2 Å². The van der Waals surface area contributed by atoms with E-state index in [-0.39, 0.29) is 24.3 Å². The smallest absolute Gasteiger partial charge is 0.247 e. The summed E-state index contributed by atoms with van der Waals surface area (Å²) in [7, 11) is 0. The van der Waals surface area contributed by atoms with Gasteiger partial charge >= 0.3 is 0 Å². The fraction of sp³-hybridized carbons (Fsp3) is 0.750. The van der Waals surface area contributed by atoms with Gasteiger partial charge in [-0.2, -0.15) is 0 Å². The van der Waals surface area contributed by atoms with Crippen LogP contribution in [-0.4, -0.2) is 91.9 Å². The van der Waals surface area contributed by atoms with Crippen LogP contribution >= 0.6 is 11.8 Å². The highest BCUT2D eigenvalue weighted by Crippen LogP contribution is 2.71. The average molecular weight is 520 g/mol. The molecule has 0 aromatic carbocycles. The Labute approximate surface area is 221 Å². The summed E-state index contributed by atoms with van der Waals surface area (Å²) < 4.78 is -1.06. The first-order valence-electron chi connectivity index (χ1n) is 13.6. The van der Waals surface area contributed by atoms with Crippen molar-refractivity contribution < 1.29 is 19.5 Å². The maximum atomic E-state index is 14.2. The zero-order valence-corrected chi connectivity index (χ0v) is 23.4. The van der Waals surface area contributed by atoms with Gasteiger partial charge in [0.2, 0.25) is 17.7 Å². The van der Waals surface area contributed by atoms with E-state index in [1.165, 1.54) is 0 Å². The van der Waals surface area contributed by atoms with E-state index in [2.05, 4.69) is 27.0 Å². The lowest BCUT2D eigenvalue weighted by atomic mass is 9.66. The Morgan fingerprint density at radius 1 is 1.11 bits per heavy atom. The molecule has 3 aliphatic heterocycles. The van der Waals surface area contributed by atoms with Crippen molar-refractivity contribution in [1.29, 1.82) is 0 Å². The van der Waals surface area contributed by atoms with Gasteiger partial charge in [-0.1, -0.05) is 38.8 Å². The third kappa shape index (κ3) is 4.75. The second kappa shape index (κ2) is 11.7. The number of hydrogen-bond acceptors (Lipinski definition) is 5. The quantitative estimate of drug-likeness (QED) is 0.281. The molecule has 3 amide bonds. The molecule has 2 bridgehead atoms. The predicted molar refractivity (Wildman–Crippen MR) is 145 cm³/mol. The zero-order valence-electron chi connectivity index (χ0n) is 22.6. The Kier molecular flexibility index (Phi) is 9.36. The van der Waals surface area contributed by atoms with Gasteiger partial charge in [0.25, 0.3) is 0 Å². The summed E-state index contributed by atoms with van der Waals surface area (Å²) in [6, 6.07) is -1.20. The standard InChI is InChI=1S/C28H45N3O4S/c1-7-11-12-18-30(17-10-4)26(35)23-28-14-13-27(6,36-28)21(24(33)29(15-8-2)16-9-3)22(28)25(34)31(23)20(5)19-32/h8,10,20-23,32H,2,4,7,9,11-19H2,1,3,5-6H3/t20-,21+,22+,23?,27-,28?/m1/s1. The molecular weight excluding hydrogens is 474 g/mol. The average Bonchev–Trinajstić information content (AvgIpc) is 3.43. The first-order chi connectivity index (χ1) is 17.2. The van der Waals surface area contributed by atoms with Gasteiger partial charge in [0.1, 0.15) is 6.04 Å². The summed E-state index contributed by atoms with van der Waals surface area (Å²) >= 11 is 1.69. The van der Waals surface area contributed by atoms with Crippen molar-refractivity contribution in [2.24, 2.45) is 11.8 Å². The van der Waals surface area contributed by atoms with Crippen LogP contribution in [0.3, 0.4) is 0 Å². The van der Waals surface area contributed by atoms with Gasteiger partial charge in [0.05, 0.1) is 29.2 Å². The van der Waals surface area contributed by atoms with Gasteiger partial charge in [-0.15, -0.1) is 24.9 Å². The van der Waals surface area contributed by atoms with Crippen LogP contribution in [0, 0.1) is 11.8 Å². The summed E-state index contributed by atoms with van der Waals surface area (Å²) in [6.07, 6.45) is 8.76. The van der Waals surface area contributed by atoms with Crippen LogP contribution in [0.1, 0.15) is 66.2 Å². The van der Waals surface area contributed by atoms with Crippen molar-refractivity contribution in [1.82, 2.24) is 14.7 Å². The van der Waals surface area contributed by atoms with E-state index >= 15 is 0 Å². The van der Waals surface area contributed by atoms with E-state index in [0.29, 0.717) is 32.6 Å². The number of rotatable bonds is 14. The minimum absolute atomic E-state index is 0.0118. The molecule has 36 heavy (non-hydrogen) atoms. The van der Waals surface area contributed by atoms with E-state index in [9.17, 15) is 19.5 Å². The number of likely N-dealkylation sites (tertiary alicyclic amines) is 1. The monoisotopic (exact) mass is 519 g/mol. The van der Waals surface area contributed by atoms with E-state index in [1.807, 2.05) is 16.7 Å². The molecule has 8 heteroatoms. The molecular formula is C28H45N3O4S. The summed E-state index contributed by atoms with van der Waals surface area (Å²) in [5.74, 6) is -1.31. The van der Waals surface area contributed by atoms with Crippen molar-refractivity contribution >= 4 is 29.5 Å². The third-order valence-electron chi connectivity index (χ3n) is 8.30. The molecule has 1 spiro atoms. The fourth-order valence-corrected chi connectivity index (χ4v) is 9.00. The number of aliphatic hydroxyl groups excluding tert-OH is 1. The first-order valence-corrected chi connectivity index (χ1v) is 14.4. The first kappa shape index (κ1) is 28.8. The van der Waals surface area contributed by atoms with Gasteiger partial charge in [-0.25, -0.2) is 0 Å². The lowest BCUT2D eigenvalue weighted by molar-refractivity contribution is -0.147. The SMILES string of the molecule is C=CCN(CCCCC)C(=O)C1N([C@H](C)CO)C(=O)[C@@H]2[C@@H](C(=O)N(CC=C)CCC)[C@@]3(C)CCC12S3. The van der Waals surface area contributed by atoms with E-state index in [1.54, 1.807) is 35.7 Å². The molecule has 3 rings (SSSR count). The summed E-state index contributed by atoms with van der Waals surface area (Å²) in [4.78, 5) is 47.6. The molecule has 2 unspecified atom stereocenters. The number of carbonyl (C=O) groups excluding carboxylic acids is 3. The Balaban J connectivity index is 2.06. The number of fused-ring (bicyclic) bond motifs is 1. The van der Waals surface area contributed by atoms with Crippen LogP contribution in [0.15, 0.2) is 25.3 Å². The van der Waals surface area contributed by atoms with Crippen molar-refractivity contribution in [3.05, 3.63) is 25.3 Å². The normalized spacial score (nSPS) is 31.3. The largest absolute Gasteiger partial charge is 0.394 e. The highest BCUT2D eigenvalue weighted by Gasteiger charge is 2.77. The maximum absolute atomic E-state index is 14.2. The number of nitrogens with zero attached hydrogens (tertiary/aromatic N) is 3. The Morgan fingerprint density at radius 2 is 1.75 bits per heavy atom. The molecule has 0 radical (unpaired) electrons. The molecule has 7 nitrogen and oxygen atoms in total. The lowest BCUT2D eigenvalue weighted by Crippen LogP contribution is -2.57. The number of hydrogen-bond donors (Lipinski definition) is 1. The second-order valence-electron chi connectivity index (χ2n) is 10.9. The molecule has 0 aliphatic carbocycles. The molecule has 0 aromatic rings. The van der Waals surface area contributed by atoms with Crippen LogP contribution in [-0.2, 0) is 14.4 Å². The third-order valence-corrected chi connectivity index (χ3v) is 10.3. The number of thioether (sulfide) groups is 1. The fourth-order valence-electron chi connectivity index (χ4n) is 6.67. The number of unbranched alkanes of at least 4 members (excludes halogenated alkanes) is 2. The van der Waals surface area contributed by atoms with Gasteiger partial charge in [0, 0.05) is 30.9 Å². The number of carbonyl (C=O) groups is 3. The molecule has 6 atom stereocenters. The molecule has 3 aliphatic rings. The maximum Gasteiger partial charge on any atom is 0.247 e. The summed E-state index contributed by atoms with van der Waals surface area (Å²) in [5.41, 5.74) is 0. The van der Waals surface area contributed by atoms with Crippen molar-refractivity contribution in [2.45, 2.75) is 87.8 Å². The van der Waals surface area contributed by atoms with Crippen molar-refractivity contribution in [3.8, 4) is 0 Å². The zero-order chi connectivity index (χ0) is 26.7. The molecule has 0 saturated carbocycles. The Bertz CT molecular complexity index is 866. The molecule has 3 saturated heterocycles. The minimum atomic E-state index is -0.692. The number of aliphatic hydroxyl groups is 1. The van der Waals surface area contributed by atoms with E-state index in [4.69, 9.17) is 0 Å². The summed E-state index contributed by atoms with van der Waals surface area (Å²) in [6.45, 7) is 17.6. The molecule has 3 heterocycles. The van der Waals surface area contributed by atoms with Crippen LogP contribution in [0.2, 0.25) is 0 Å². The van der Waals surface area contributed by atoms with Gasteiger partial charge < -0.3 is 19.8 Å². The van der Waals surface area contributed by atoms with Crippen LogP contribution in [0.25, 0.3) is 0 Å². The van der Waals surface area contributed by atoms with Crippen molar-refractivity contribution in [2.75, 3.05) is 32.8 Å². The minimum Gasteiger partial charge on any atom is -0.394 e. The van der Waals surface area contributed by atoms with Gasteiger partial charge in [-0.3, -0.25) is 14.4 Å². The van der Waals surface area contributed by atoms with Crippen LogP contribution < -0.4 is 0 Å². The molecule has 3 fully saturated rings. The lowest BCUT2D eigenvalue weighted by Gasteiger charge is -2.39. The van der Waals surface area contributed by atoms with Crippen molar-refractivity contribution in [3.63, 3.8) is 0 Å². The van der Waals surface area contributed by atoms with E-state index < -0.39 is 33.4 Å². The summed E-state index contributed by atoms with van der Waals surface area (Å²) in [5, 5.41) is 10.1. The van der Waals surface area contributed by atoms with Crippen LogP contribution in [0.4, 0.5) is 0 Å². The number of amides is 3. The Hall–Kier alpha value is -1.80. The van der Waals surface area contributed by atoms with E-state index in [0.717, 1.165) is 32.1 Å². The highest BCUT2D eigenvalue weighted by molar-refractivity contribution is 8.02. The molecule has 1 N–H and O–H groups in total. The molecule has 202 valence electrons.